The van der Waals surface area contributed by atoms with Crippen LogP contribution in [0.25, 0.3) is 0 Å². The third kappa shape index (κ3) is 4.01. The summed E-state index contributed by atoms with van der Waals surface area (Å²) in [5.74, 6) is 0. The third-order valence-corrected chi connectivity index (χ3v) is 6.50. The van der Waals surface area contributed by atoms with Crippen molar-refractivity contribution >= 4 is 21.5 Å². The van der Waals surface area contributed by atoms with Gasteiger partial charge in [0.25, 0.3) is 10.2 Å². The smallest absolute Gasteiger partial charge is 0.244 e. The van der Waals surface area contributed by atoms with Gasteiger partial charge in [-0.3, -0.25) is 0 Å². The monoisotopic (exact) mass is 328 g/mol. The molecule has 21 heavy (non-hydrogen) atoms. The predicted octanol–water partition coefficient (Wildman–Crippen LogP) is 1.76. The van der Waals surface area contributed by atoms with E-state index in [1.165, 1.54) is 22.7 Å². The van der Waals surface area contributed by atoms with Gasteiger partial charge in [-0.25, -0.2) is 4.98 Å². The Morgan fingerprint density at radius 1 is 1.48 bits per heavy atom. The summed E-state index contributed by atoms with van der Waals surface area (Å²) < 4.78 is 28.1. The fourth-order valence-electron chi connectivity index (χ4n) is 2.25. The molecule has 8 heteroatoms. The number of nitrogens with one attached hydrogen (secondary N) is 1. The Bertz CT molecular complexity index is 610. The highest BCUT2D eigenvalue weighted by molar-refractivity contribution is 7.87. The molecule has 0 bridgehead atoms. The molecule has 1 aliphatic rings. The minimum atomic E-state index is -3.58. The zero-order valence-electron chi connectivity index (χ0n) is 12.3. The minimum Gasteiger partial charge on any atom is -0.244 e. The third-order valence-electron chi connectivity index (χ3n) is 3.51. The van der Waals surface area contributed by atoms with Crippen molar-refractivity contribution in [3.05, 3.63) is 15.6 Å². The van der Waals surface area contributed by atoms with Crippen molar-refractivity contribution in [1.82, 2.24) is 14.0 Å². The number of hydrogen-bond acceptors (Lipinski definition) is 5. The summed E-state index contributed by atoms with van der Waals surface area (Å²) >= 11 is 1.60. The van der Waals surface area contributed by atoms with E-state index in [1.807, 2.05) is 6.07 Å². The van der Waals surface area contributed by atoms with Crippen molar-refractivity contribution in [3.63, 3.8) is 0 Å². The highest BCUT2D eigenvalue weighted by atomic mass is 32.2. The molecule has 1 aromatic heterocycles. The van der Waals surface area contributed by atoms with Gasteiger partial charge in [-0.05, 0) is 32.6 Å². The molecule has 0 amide bonds. The molecular formula is C13H20N4O2S2. The van der Waals surface area contributed by atoms with E-state index >= 15 is 0 Å². The van der Waals surface area contributed by atoms with Crippen LogP contribution in [-0.4, -0.2) is 31.3 Å². The average molecular weight is 328 g/mol. The fraction of sp³-hybridized carbons (Fsp3) is 0.692. The van der Waals surface area contributed by atoms with Crippen LogP contribution >= 0.6 is 11.3 Å². The van der Waals surface area contributed by atoms with Gasteiger partial charge in [0.15, 0.2) is 0 Å². The quantitative estimate of drug-likeness (QED) is 0.862. The molecule has 0 saturated heterocycles. The lowest BCUT2D eigenvalue weighted by Gasteiger charge is -2.19. The first-order valence-electron chi connectivity index (χ1n) is 7.03. The normalized spacial score (nSPS) is 16.5. The molecule has 1 aliphatic carbocycles. The second kappa shape index (κ2) is 6.83. The molecule has 6 nitrogen and oxygen atoms in total. The fourth-order valence-corrected chi connectivity index (χ4v) is 4.55. The molecular weight excluding hydrogens is 308 g/mol. The summed E-state index contributed by atoms with van der Waals surface area (Å²) in [5, 5.41) is 9.35. The molecule has 1 atom stereocenters. The number of fused-ring (bicyclic) bond motifs is 1. The standard InChI is InChI=1S/C13H20N4O2S2/c1-10(16-21(18,19)17(2)9-5-8-14)13-15-11-6-3-4-7-12(11)20-13/h10,16H,3-7,9H2,1-2H3/t10-/m1/s1. The van der Waals surface area contributed by atoms with Crippen molar-refractivity contribution < 1.29 is 8.42 Å². The summed E-state index contributed by atoms with van der Waals surface area (Å²) in [5.41, 5.74) is 1.13. The molecule has 0 radical (unpaired) electrons. The van der Waals surface area contributed by atoms with Gasteiger partial charge in [-0.15, -0.1) is 11.3 Å². The van der Waals surface area contributed by atoms with Gasteiger partial charge in [-0.1, -0.05) is 0 Å². The Hall–Kier alpha value is -1.01. The Balaban J connectivity index is 2.05. The topological polar surface area (TPSA) is 86.1 Å². The van der Waals surface area contributed by atoms with Crippen LogP contribution in [0.1, 0.15) is 47.8 Å². The molecule has 0 spiro atoms. The highest BCUT2D eigenvalue weighted by Gasteiger charge is 2.24. The van der Waals surface area contributed by atoms with Gasteiger partial charge in [0, 0.05) is 24.9 Å². The zero-order valence-corrected chi connectivity index (χ0v) is 13.9. The zero-order chi connectivity index (χ0) is 15.5. The second-order valence-electron chi connectivity index (χ2n) is 5.20. The van der Waals surface area contributed by atoms with E-state index in [4.69, 9.17) is 5.26 Å². The lowest BCUT2D eigenvalue weighted by molar-refractivity contribution is 0.456. The Labute approximate surface area is 130 Å². The molecule has 1 aromatic rings. The molecule has 0 aliphatic heterocycles. The van der Waals surface area contributed by atoms with E-state index < -0.39 is 10.2 Å². The molecule has 0 aromatic carbocycles. The van der Waals surface area contributed by atoms with Crippen molar-refractivity contribution in [2.45, 2.75) is 45.1 Å². The Morgan fingerprint density at radius 2 is 2.19 bits per heavy atom. The largest absolute Gasteiger partial charge is 0.279 e. The van der Waals surface area contributed by atoms with E-state index in [1.54, 1.807) is 18.3 Å². The lowest BCUT2D eigenvalue weighted by atomic mass is 10.0. The predicted molar refractivity (Wildman–Crippen MR) is 82.1 cm³/mol. The molecule has 1 N–H and O–H groups in total. The maximum absolute atomic E-state index is 12.1. The number of rotatable bonds is 6. The van der Waals surface area contributed by atoms with Crippen LogP contribution in [0.15, 0.2) is 0 Å². The summed E-state index contributed by atoms with van der Waals surface area (Å²) in [6, 6.07) is 1.59. The van der Waals surface area contributed by atoms with Crippen LogP contribution in [0.2, 0.25) is 0 Å². The first-order chi connectivity index (χ1) is 9.94. The number of aromatic nitrogens is 1. The van der Waals surface area contributed by atoms with Crippen molar-refractivity contribution in [2.24, 2.45) is 0 Å². The number of nitrogens with zero attached hydrogens (tertiary/aromatic N) is 3. The molecule has 1 heterocycles. The van der Waals surface area contributed by atoms with Gasteiger partial charge in [0.1, 0.15) is 5.01 Å². The van der Waals surface area contributed by atoms with Gasteiger partial charge in [0.05, 0.1) is 17.8 Å². The van der Waals surface area contributed by atoms with Crippen molar-refractivity contribution in [3.8, 4) is 6.07 Å². The van der Waals surface area contributed by atoms with Crippen molar-refractivity contribution in [1.29, 1.82) is 5.26 Å². The van der Waals surface area contributed by atoms with Crippen molar-refractivity contribution in [2.75, 3.05) is 13.6 Å². The highest BCUT2D eigenvalue weighted by Crippen LogP contribution is 2.30. The average Bonchev–Trinajstić information content (AvgIpc) is 2.88. The SMILES string of the molecule is C[C@@H](NS(=O)(=O)N(C)CCC#N)c1nc2c(s1)CCCC2. The first-order valence-corrected chi connectivity index (χ1v) is 9.28. The van der Waals surface area contributed by atoms with Crippen LogP contribution in [-0.2, 0) is 23.1 Å². The van der Waals surface area contributed by atoms with Gasteiger partial charge in [0.2, 0.25) is 0 Å². The van der Waals surface area contributed by atoms with Gasteiger partial charge in [-0.2, -0.15) is 22.7 Å². The number of thiazole rings is 1. The lowest BCUT2D eigenvalue weighted by Crippen LogP contribution is -2.39. The van der Waals surface area contributed by atoms with Crippen LogP contribution in [0.4, 0.5) is 0 Å². The summed E-state index contributed by atoms with van der Waals surface area (Å²) in [6.45, 7) is 1.99. The summed E-state index contributed by atoms with van der Waals surface area (Å²) in [7, 11) is -2.11. The first kappa shape index (κ1) is 16.4. The summed E-state index contributed by atoms with van der Waals surface area (Å²) in [6.07, 6.45) is 4.57. The number of hydrogen-bond donors (Lipinski definition) is 1. The molecule has 0 unspecified atom stereocenters. The van der Waals surface area contributed by atoms with E-state index in [0.29, 0.717) is 0 Å². The maximum Gasteiger partial charge on any atom is 0.279 e. The minimum absolute atomic E-state index is 0.178. The van der Waals surface area contributed by atoms with Crippen LogP contribution in [0, 0.1) is 11.3 Å². The van der Waals surface area contributed by atoms with E-state index in [0.717, 1.165) is 30.0 Å². The molecule has 2 rings (SSSR count). The van der Waals surface area contributed by atoms with Gasteiger partial charge >= 0.3 is 0 Å². The van der Waals surface area contributed by atoms with Crippen LogP contribution in [0.5, 0.6) is 0 Å². The van der Waals surface area contributed by atoms with E-state index in [9.17, 15) is 8.42 Å². The summed E-state index contributed by atoms with van der Waals surface area (Å²) in [4.78, 5) is 5.87. The van der Waals surface area contributed by atoms with E-state index in [2.05, 4.69) is 9.71 Å². The molecule has 0 saturated carbocycles. The number of aryl methyl sites for hydroxylation is 2. The van der Waals surface area contributed by atoms with Gasteiger partial charge < -0.3 is 0 Å². The number of nitriles is 1. The Kier molecular flexibility index (Phi) is 5.32. The second-order valence-corrected chi connectivity index (χ2v) is 8.13. The van der Waals surface area contributed by atoms with Crippen LogP contribution in [0.3, 0.4) is 0 Å². The molecule has 0 fully saturated rings. The Morgan fingerprint density at radius 3 is 2.86 bits per heavy atom. The van der Waals surface area contributed by atoms with Crippen LogP contribution < -0.4 is 4.72 Å². The molecule has 116 valence electrons. The maximum atomic E-state index is 12.1. The van der Waals surface area contributed by atoms with E-state index in [-0.39, 0.29) is 19.0 Å².